The molecule has 2 amide bonds. The Balaban J connectivity index is 1.53. The number of hydrogen-bond donors (Lipinski definition) is 2. The van der Waals surface area contributed by atoms with Gasteiger partial charge in [0.2, 0.25) is 0 Å². The van der Waals surface area contributed by atoms with Crippen molar-refractivity contribution >= 4 is 29.6 Å². The lowest BCUT2D eigenvalue weighted by molar-refractivity contribution is -0.120. The molecule has 3 aromatic rings. The monoisotopic (exact) mass is 479 g/mol. The zero-order valence-corrected chi connectivity index (χ0v) is 19.8. The van der Waals surface area contributed by atoms with Crippen LogP contribution in [0, 0.1) is 6.92 Å². The van der Waals surface area contributed by atoms with Crippen LogP contribution in [0.3, 0.4) is 0 Å². The van der Waals surface area contributed by atoms with Crippen LogP contribution < -0.4 is 20.2 Å². The normalized spacial score (nSPS) is 10.7. The Hall–Kier alpha value is -3.84. The van der Waals surface area contributed by atoms with Gasteiger partial charge in [-0.25, -0.2) is 5.43 Å². The zero-order chi connectivity index (χ0) is 24.3. The van der Waals surface area contributed by atoms with Crippen molar-refractivity contribution < 1.29 is 19.1 Å². The van der Waals surface area contributed by atoms with Gasteiger partial charge in [-0.3, -0.25) is 9.59 Å². The number of nitrogens with one attached hydrogen (secondary N) is 2. The molecule has 0 saturated carbocycles. The Bertz CT molecular complexity index is 1160. The molecule has 0 spiro atoms. The number of rotatable bonds is 10. The first-order chi connectivity index (χ1) is 16.4. The molecule has 0 atom stereocenters. The molecular weight excluding hydrogens is 454 g/mol. The van der Waals surface area contributed by atoms with E-state index in [0.29, 0.717) is 40.9 Å². The SMILES string of the molecule is CCOc1cc(/C=N/NC(=O)CNC(=O)c2cccc(C)c2)ccc1OCc1ccc(Cl)cc1. The average Bonchev–Trinajstić information content (AvgIpc) is 2.83. The molecule has 0 radical (unpaired) electrons. The lowest BCUT2D eigenvalue weighted by Gasteiger charge is -2.12. The molecule has 0 saturated heterocycles. The Morgan fingerprint density at radius 1 is 1.00 bits per heavy atom. The van der Waals surface area contributed by atoms with Crippen molar-refractivity contribution in [1.29, 1.82) is 0 Å². The maximum Gasteiger partial charge on any atom is 0.259 e. The summed E-state index contributed by atoms with van der Waals surface area (Å²) in [6.07, 6.45) is 1.49. The van der Waals surface area contributed by atoms with E-state index in [1.807, 2.05) is 44.2 Å². The van der Waals surface area contributed by atoms with Gasteiger partial charge < -0.3 is 14.8 Å². The highest BCUT2D eigenvalue weighted by molar-refractivity contribution is 6.30. The largest absolute Gasteiger partial charge is 0.490 e. The third-order valence-corrected chi connectivity index (χ3v) is 4.92. The number of aryl methyl sites for hydroxylation is 1. The molecule has 3 aromatic carbocycles. The number of hydrazone groups is 1. The second-order valence-electron chi connectivity index (χ2n) is 7.40. The molecule has 7 nitrogen and oxygen atoms in total. The van der Waals surface area contributed by atoms with Crippen molar-refractivity contribution in [1.82, 2.24) is 10.7 Å². The number of ether oxygens (including phenoxy) is 2. The summed E-state index contributed by atoms with van der Waals surface area (Å²) in [6, 6.07) is 19.9. The van der Waals surface area contributed by atoms with Gasteiger partial charge in [0.25, 0.3) is 11.8 Å². The van der Waals surface area contributed by atoms with Crippen LogP contribution in [0.15, 0.2) is 71.8 Å². The molecule has 0 aliphatic heterocycles. The second-order valence-corrected chi connectivity index (χ2v) is 7.84. The third kappa shape index (κ3) is 7.64. The molecule has 8 heteroatoms. The lowest BCUT2D eigenvalue weighted by Crippen LogP contribution is -2.34. The van der Waals surface area contributed by atoms with Crippen molar-refractivity contribution in [3.8, 4) is 11.5 Å². The number of carbonyl (C=O) groups excluding carboxylic acids is 2. The van der Waals surface area contributed by atoms with E-state index in [9.17, 15) is 9.59 Å². The van der Waals surface area contributed by atoms with Gasteiger partial charge in [-0.15, -0.1) is 0 Å². The maximum absolute atomic E-state index is 12.1. The summed E-state index contributed by atoms with van der Waals surface area (Å²) in [5.74, 6) is 0.401. The third-order valence-electron chi connectivity index (χ3n) is 4.67. The van der Waals surface area contributed by atoms with Gasteiger partial charge in [-0.05, 0) is 67.4 Å². The average molecular weight is 480 g/mol. The van der Waals surface area contributed by atoms with E-state index in [2.05, 4.69) is 15.8 Å². The zero-order valence-electron chi connectivity index (χ0n) is 19.0. The van der Waals surface area contributed by atoms with Crippen molar-refractivity contribution in [3.05, 3.63) is 94.0 Å². The lowest BCUT2D eigenvalue weighted by atomic mass is 10.1. The van der Waals surface area contributed by atoms with E-state index in [1.54, 1.807) is 36.4 Å². The summed E-state index contributed by atoms with van der Waals surface area (Å²) in [4.78, 5) is 24.1. The highest BCUT2D eigenvalue weighted by Gasteiger charge is 2.09. The fourth-order valence-electron chi connectivity index (χ4n) is 3.00. The first kappa shape index (κ1) is 24.8. The van der Waals surface area contributed by atoms with E-state index in [-0.39, 0.29) is 12.5 Å². The summed E-state index contributed by atoms with van der Waals surface area (Å²) < 4.78 is 11.6. The van der Waals surface area contributed by atoms with Crippen molar-refractivity contribution in [2.45, 2.75) is 20.5 Å². The standard InChI is InChI=1S/C26H26ClN3O4/c1-3-33-24-14-20(9-12-23(24)34-17-19-7-10-22(27)11-8-19)15-29-30-25(31)16-28-26(32)21-6-4-5-18(2)13-21/h4-15H,3,16-17H2,1-2H3,(H,28,32)(H,30,31)/b29-15+. The van der Waals surface area contributed by atoms with Gasteiger partial charge in [-0.1, -0.05) is 41.4 Å². The molecule has 3 rings (SSSR count). The molecule has 0 fully saturated rings. The number of hydrogen-bond acceptors (Lipinski definition) is 5. The van der Waals surface area contributed by atoms with Crippen LogP contribution in [0.2, 0.25) is 5.02 Å². The van der Waals surface area contributed by atoms with Gasteiger partial charge in [0.15, 0.2) is 11.5 Å². The fraction of sp³-hybridized carbons (Fsp3) is 0.192. The summed E-state index contributed by atoms with van der Waals surface area (Å²) >= 11 is 5.92. The van der Waals surface area contributed by atoms with Gasteiger partial charge in [0, 0.05) is 10.6 Å². The molecular formula is C26H26ClN3O4. The van der Waals surface area contributed by atoms with Crippen LogP contribution in [0.25, 0.3) is 0 Å². The molecule has 2 N–H and O–H groups in total. The molecule has 0 aliphatic carbocycles. The molecule has 0 bridgehead atoms. The van der Waals surface area contributed by atoms with Gasteiger partial charge >= 0.3 is 0 Å². The molecule has 0 aromatic heterocycles. The minimum atomic E-state index is -0.440. The van der Waals surface area contributed by atoms with E-state index in [0.717, 1.165) is 11.1 Å². The van der Waals surface area contributed by atoms with E-state index in [1.165, 1.54) is 6.21 Å². The Morgan fingerprint density at radius 2 is 1.79 bits per heavy atom. The van der Waals surface area contributed by atoms with Gasteiger partial charge in [0.1, 0.15) is 6.61 Å². The number of nitrogens with zero attached hydrogens (tertiary/aromatic N) is 1. The highest BCUT2D eigenvalue weighted by atomic mass is 35.5. The van der Waals surface area contributed by atoms with Crippen LogP contribution in [0.1, 0.15) is 34.0 Å². The minimum absolute atomic E-state index is 0.189. The van der Waals surface area contributed by atoms with E-state index < -0.39 is 5.91 Å². The number of amides is 2. The predicted molar refractivity (Wildman–Crippen MR) is 133 cm³/mol. The van der Waals surface area contributed by atoms with Gasteiger partial charge in [0.05, 0.1) is 19.4 Å². The Kier molecular flexibility index (Phi) is 9.05. The van der Waals surface area contributed by atoms with Crippen molar-refractivity contribution in [3.63, 3.8) is 0 Å². The van der Waals surface area contributed by atoms with Gasteiger partial charge in [-0.2, -0.15) is 5.10 Å². The summed E-state index contributed by atoms with van der Waals surface area (Å²) in [7, 11) is 0. The highest BCUT2D eigenvalue weighted by Crippen LogP contribution is 2.29. The second kappa shape index (κ2) is 12.4. The quantitative estimate of drug-likeness (QED) is 0.331. The van der Waals surface area contributed by atoms with Crippen molar-refractivity contribution in [2.75, 3.05) is 13.2 Å². The van der Waals surface area contributed by atoms with Crippen molar-refractivity contribution in [2.24, 2.45) is 5.10 Å². The summed E-state index contributed by atoms with van der Waals surface area (Å²) in [5, 5.41) is 7.19. The van der Waals surface area contributed by atoms with Crippen LogP contribution >= 0.6 is 11.6 Å². The number of halogens is 1. The molecule has 0 aliphatic rings. The Morgan fingerprint density at radius 3 is 2.53 bits per heavy atom. The fourth-order valence-corrected chi connectivity index (χ4v) is 3.13. The molecule has 176 valence electrons. The minimum Gasteiger partial charge on any atom is -0.490 e. The van der Waals surface area contributed by atoms with E-state index in [4.69, 9.17) is 21.1 Å². The molecule has 0 unspecified atom stereocenters. The molecule has 0 heterocycles. The number of carbonyl (C=O) groups is 2. The number of benzene rings is 3. The summed E-state index contributed by atoms with van der Waals surface area (Å²) in [6.45, 7) is 4.43. The first-order valence-corrected chi connectivity index (χ1v) is 11.1. The Labute approximate surface area is 203 Å². The van der Waals surface area contributed by atoms with Crippen LogP contribution in [0.4, 0.5) is 0 Å². The molecule has 34 heavy (non-hydrogen) atoms. The smallest absolute Gasteiger partial charge is 0.259 e. The van der Waals surface area contributed by atoms with Crippen LogP contribution in [0.5, 0.6) is 11.5 Å². The van der Waals surface area contributed by atoms with Crippen LogP contribution in [-0.4, -0.2) is 31.2 Å². The predicted octanol–water partition coefficient (Wildman–Crippen LogP) is 4.51. The topological polar surface area (TPSA) is 89.0 Å². The van der Waals surface area contributed by atoms with Crippen LogP contribution in [-0.2, 0) is 11.4 Å². The maximum atomic E-state index is 12.1. The van der Waals surface area contributed by atoms with E-state index >= 15 is 0 Å². The first-order valence-electron chi connectivity index (χ1n) is 10.8. The summed E-state index contributed by atoms with van der Waals surface area (Å²) in [5.41, 5.74) is 5.56.